The number of hydrogen-bond acceptors (Lipinski definition) is 7. The van der Waals surface area contributed by atoms with Gasteiger partial charge in [-0.05, 0) is 30.3 Å². The molecule has 0 saturated carbocycles. The quantitative estimate of drug-likeness (QED) is 0.354. The number of rotatable bonds is 8. The summed E-state index contributed by atoms with van der Waals surface area (Å²) in [5.74, 6) is 1.45. The molecular formula is C27H24N4O5. The van der Waals surface area contributed by atoms with Crippen molar-refractivity contribution in [3.05, 3.63) is 95.3 Å². The lowest BCUT2D eigenvalue weighted by molar-refractivity contribution is -0.119. The van der Waals surface area contributed by atoms with Crippen LogP contribution in [-0.2, 0) is 17.9 Å². The van der Waals surface area contributed by atoms with E-state index in [0.29, 0.717) is 53.7 Å². The van der Waals surface area contributed by atoms with Gasteiger partial charge in [-0.15, -0.1) is 5.10 Å². The molecule has 1 aromatic heterocycles. The number of nitrogens with zero attached hydrogens (tertiary/aromatic N) is 4. The molecule has 0 unspecified atom stereocenters. The lowest BCUT2D eigenvalue weighted by Crippen LogP contribution is -2.37. The van der Waals surface area contributed by atoms with E-state index < -0.39 is 0 Å². The minimum atomic E-state index is -0.384. The molecule has 5 rings (SSSR count). The van der Waals surface area contributed by atoms with Gasteiger partial charge in [0, 0.05) is 17.3 Å². The number of carbonyl (C=O) groups is 1. The molecule has 0 bridgehead atoms. The number of anilines is 1. The maximum atomic E-state index is 13.7. The first-order valence-corrected chi connectivity index (χ1v) is 11.5. The van der Waals surface area contributed by atoms with E-state index in [4.69, 9.17) is 14.2 Å². The van der Waals surface area contributed by atoms with Crippen molar-refractivity contribution >= 4 is 22.5 Å². The van der Waals surface area contributed by atoms with Crippen LogP contribution in [0.4, 0.5) is 5.69 Å². The Labute approximate surface area is 207 Å². The van der Waals surface area contributed by atoms with E-state index in [2.05, 4.69) is 16.9 Å². The Morgan fingerprint density at radius 3 is 2.69 bits per heavy atom. The van der Waals surface area contributed by atoms with Crippen molar-refractivity contribution in [1.29, 1.82) is 0 Å². The van der Waals surface area contributed by atoms with Crippen molar-refractivity contribution in [3.63, 3.8) is 0 Å². The van der Waals surface area contributed by atoms with Crippen molar-refractivity contribution < 1.29 is 19.0 Å². The Morgan fingerprint density at radius 1 is 1.06 bits per heavy atom. The van der Waals surface area contributed by atoms with Crippen LogP contribution >= 0.6 is 0 Å². The first-order chi connectivity index (χ1) is 17.6. The van der Waals surface area contributed by atoms with E-state index in [-0.39, 0.29) is 24.6 Å². The van der Waals surface area contributed by atoms with Crippen molar-refractivity contribution in [3.8, 4) is 17.2 Å². The third-order valence-electron chi connectivity index (χ3n) is 5.71. The zero-order valence-electron chi connectivity index (χ0n) is 19.5. The molecule has 0 radical (unpaired) electrons. The minimum Gasteiger partial charge on any atom is -0.489 e. The second-order valence-corrected chi connectivity index (χ2v) is 8.08. The Bertz CT molecular complexity index is 1480. The summed E-state index contributed by atoms with van der Waals surface area (Å²) >= 11 is 0. The van der Waals surface area contributed by atoms with Crippen LogP contribution in [-0.4, -0.2) is 40.7 Å². The molecule has 36 heavy (non-hydrogen) atoms. The topological polar surface area (TPSA) is 95.8 Å². The highest BCUT2D eigenvalue weighted by Crippen LogP contribution is 2.35. The van der Waals surface area contributed by atoms with Crippen LogP contribution in [0.5, 0.6) is 17.2 Å². The van der Waals surface area contributed by atoms with Crippen LogP contribution in [0.1, 0.15) is 5.56 Å². The SMILES string of the molecule is C=CCOc1ccccc1CN(C(=O)Cn1nnc2ccccc2c1=O)c1ccc2c(c1)OCCO2. The molecule has 2 heterocycles. The average Bonchev–Trinajstić information content (AvgIpc) is 2.92. The summed E-state index contributed by atoms with van der Waals surface area (Å²) < 4.78 is 18.2. The summed E-state index contributed by atoms with van der Waals surface area (Å²) in [6, 6.07) is 19.7. The first kappa shape index (κ1) is 23.1. The first-order valence-electron chi connectivity index (χ1n) is 11.5. The third kappa shape index (κ3) is 4.76. The van der Waals surface area contributed by atoms with E-state index >= 15 is 0 Å². The molecule has 0 N–H and O–H groups in total. The Hall–Kier alpha value is -4.66. The molecule has 1 amide bonds. The predicted molar refractivity (Wildman–Crippen MR) is 135 cm³/mol. The minimum absolute atomic E-state index is 0.196. The fourth-order valence-corrected chi connectivity index (χ4v) is 3.96. The fourth-order valence-electron chi connectivity index (χ4n) is 3.96. The molecule has 0 aliphatic carbocycles. The Balaban J connectivity index is 1.51. The number of fused-ring (bicyclic) bond motifs is 2. The molecule has 9 heteroatoms. The number of carbonyl (C=O) groups excluding carboxylic acids is 1. The standard InChI is InChI=1S/C27H24N4O5/c1-2-13-34-23-10-6-3-7-19(23)17-30(20-11-12-24-25(16-20)36-15-14-35-24)26(32)18-31-27(33)21-8-4-5-9-22(21)28-29-31/h2-12,16H,1,13-15,17-18H2. The van der Waals surface area contributed by atoms with Crippen LogP contribution in [0.25, 0.3) is 10.9 Å². The molecule has 3 aromatic carbocycles. The molecule has 0 fully saturated rings. The van der Waals surface area contributed by atoms with Crippen LogP contribution in [0.2, 0.25) is 0 Å². The second kappa shape index (κ2) is 10.3. The molecule has 4 aromatic rings. The van der Waals surface area contributed by atoms with E-state index in [1.54, 1.807) is 53.4 Å². The molecule has 182 valence electrons. The van der Waals surface area contributed by atoms with Gasteiger partial charge in [0.1, 0.15) is 37.6 Å². The Kier molecular flexibility index (Phi) is 6.61. The lowest BCUT2D eigenvalue weighted by atomic mass is 10.1. The summed E-state index contributed by atoms with van der Waals surface area (Å²) in [6.07, 6.45) is 1.66. The second-order valence-electron chi connectivity index (χ2n) is 8.08. The monoisotopic (exact) mass is 484 g/mol. The van der Waals surface area contributed by atoms with Crippen molar-refractivity contribution in [2.24, 2.45) is 0 Å². The maximum absolute atomic E-state index is 13.7. The number of ether oxygens (including phenoxy) is 3. The summed E-state index contributed by atoms with van der Waals surface area (Å²) in [5.41, 5.74) is 1.47. The molecular weight excluding hydrogens is 460 g/mol. The highest BCUT2D eigenvalue weighted by molar-refractivity contribution is 5.93. The number of hydrogen-bond donors (Lipinski definition) is 0. The smallest absolute Gasteiger partial charge is 0.278 e. The van der Waals surface area contributed by atoms with Gasteiger partial charge in [0.25, 0.3) is 5.56 Å². The fraction of sp³-hybridized carbons (Fsp3) is 0.185. The number of para-hydroxylation sites is 1. The molecule has 1 aliphatic rings. The van der Waals surface area contributed by atoms with Gasteiger partial charge in [0.15, 0.2) is 11.5 Å². The van der Waals surface area contributed by atoms with Crippen molar-refractivity contribution in [1.82, 2.24) is 15.0 Å². The van der Waals surface area contributed by atoms with Crippen molar-refractivity contribution in [2.45, 2.75) is 13.1 Å². The van der Waals surface area contributed by atoms with Gasteiger partial charge >= 0.3 is 0 Å². The van der Waals surface area contributed by atoms with Gasteiger partial charge in [0.2, 0.25) is 5.91 Å². The van der Waals surface area contributed by atoms with Crippen molar-refractivity contribution in [2.75, 3.05) is 24.7 Å². The van der Waals surface area contributed by atoms with Gasteiger partial charge in [-0.1, -0.05) is 48.2 Å². The lowest BCUT2D eigenvalue weighted by Gasteiger charge is -2.26. The summed E-state index contributed by atoms with van der Waals surface area (Å²) in [7, 11) is 0. The molecule has 9 nitrogen and oxygen atoms in total. The van der Waals surface area contributed by atoms with Gasteiger partial charge < -0.3 is 19.1 Å². The van der Waals surface area contributed by atoms with Gasteiger partial charge in [0.05, 0.1) is 11.9 Å². The van der Waals surface area contributed by atoms with E-state index in [0.717, 1.165) is 10.2 Å². The zero-order chi connectivity index (χ0) is 24.9. The average molecular weight is 485 g/mol. The number of aromatic nitrogens is 3. The van der Waals surface area contributed by atoms with Crippen LogP contribution < -0.4 is 24.7 Å². The summed E-state index contributed by atoms with van der Waals surface area (Å²) in [6.45, 7) is 4.82. The van der Waals surface area contributed by atoms with E-state index in [1.165, 1.54) is 0 Å². The van der Waals surface area contributed by atoms with Crippen LogP contribution in [0.3, 0.4) is 0 Å². The molecule has 1 aliphatic heterocycles. The third-order valence-corrected chi connectivity index (χ3v) is 5.71. The normalized spacial score (nSPS) is 12.2. The largest absolute Gasteiger partial charge is 0.489 e. The van der Waals surface area contributed by atoms with Gasteiger partial charge in [-0.25, -0.2) is 4.68 Å². The van der Waals surface area contributed by atoms with E-state index in [9.17, 15) is 9.59 Å². The van der Waals surface area contributed by atoms with Crippen LogP contribution in [0, 0.1) is 0 Å². The molecule has 0 saturated heterocycles. The molecule has 0 spiro atoms. The highest BCUT2D eigenvalue weighted by Gasteiger charge is 2.23. The Morgan fingerprint density at radius 2 is 1.83 bits per heavy atom. The molecule has 0 atom stereocenters. The zero-order valence-corrected chi connectivity index (χ0v) is 19.5. The highest BCUT2D eigenvalue weighted by atomic mass is 16.6. The summed E-state index contributed by atoms with van der Waals surface area (Å²) in [5, 5.41) is 8.47. The number of benzene rings is 3. The van der Waals surface area contributed by atoms with Gasteiger partial charge in [-0.3, -0.25) is 9.59 Å². The maximum Gasteiger partial charge on any atom is 0.278 e. The predicted octanol–water partition coefficient (Wildman–Crippen LogP) is 3.36. The van der Waals surface area contributed by atoms with E-state index in [1.807, 2.05) is 24.3 Å². The van der Waals surface area contributed by atoms with Gasteiger partial charge in [-0.2, -0.15) is 0 Å². The summed E-state index contributed by atoms with van der Waals surface area (Å²) in [4.78, 5) is 28.2. The number of amides is 1. The van der Waals surface area contributed by atoms with Crippen LogP contribution in [0.15, 0.2) is 84.2 Å².